The Hall–Kier alpha value is -0.853. The Kier molecular flexibility index (Phi) is 7.26. The van der Waals surface area contributed by atoms with Gasteiger partial charge in [0.05, 0.1) is 22.6 Å². The van der Waals surface area contributed by atoms with Crippen molar-refractivity contribution < 1.29 is 9.47 Å². The highest BCUT2D eigenvalue weighted by Crippen LogP contribution is 2.39. The molecule has 0 unspecified atom stereocenters. The summed E-state index contributed by atoms with van der Waals surface area (Å²) in [5.74, 6) is 3.44. The number of methoxy groups -OCH3 is 1. The Balaban J connectivity index is 1.87. The van der Waals surface area contributed by atoms with E-state index in [1.54, 1.807) is 7.11 Å². The van der Waals surface area contributed by atoms with Crippen molar-refractivity contribution in [2.24, 2.45) is 5.92 Å². The van der Waals surface area contributed by atoms with Gasteiger partial charge in [-0.3, -0.25) is 0 Å². The summed E-state index contributed by atoms with van der Waals surface area (Å²) < 4.78 is 14.9. The lowest BCUT2D eigenvalue weighted by molar-refractivity contribution is 0.0861. The lowest BCUT2D eigenvalue weighted by Gasteiger charge is -2.28. The fourth-order valence-electron chi connectivity index (χ4n) is 4.11. The summed E-state index contributed by atoms with van der Waals surface area (Å²) in [5.41, 5.74) is 2.13. The molecule has 0 bridgehead atoms. The van der Waals surface area contributed by atoms with Crippen LogP contribution in [0.25, 0.3) is 11.0 Å². The molecule has 6 heteroatoms. The highest BCUT2D eigenvalue weighted by molar-refractivity contribution is 9.10. The summed E-state index contributed by atoms with van der Waals surface area (Å²) >= 11 is 3.64. The standard InChI is InChI=1S/C22H35BrN2O2Si/c1-6-16-7-9-17(10-8-16)22-24-19-14-21(26-2)18(23)13-20(19)25(22)15-27-11-12-28(3,4)5/h13-14,16-17H,6-12,15H2,1-5H3/t16-,17-. The summed E-state index contributed by atoms with van der Waals surface area (Å²) in [6.45, 7) is 10.9. The third-order valence-corrected chi connectivity index (χ3v) is 8.38. The Morgan fingerprint density at radius 3 is 2.50 bits per heavy atom. The Bertz CT molecular complexity index is 792. The van der Waals surface area contributed by atoms with Crippen molar-refractivity contribution >= 4 is 35.0 Å². The normalized spacial score (nSPS) is 20.6. The smallest absolute Gasteiger partial charge is 0.135 e. The van der Waals surface area contributed by atoms with Crippen molar-refractivity contribution in [3.8, 4) is 5.75 Å². The second-order valence-electron chi connectivity index (χ2n) is 9.35. The molecule has 0 spiro atoms. The first-order valence-corrected chi connectivity index (χ1v) is 15.1. The van der Waals surface area contributed by atoms with Crippen LogP contribution in [0.4, 0.5) is 0 Å². The molecule has 0 saturated heterocycles. The second-order valence-corrected chi connectivity index (χ2v) is 15.8. The molecule has 28 heavy (non-hydrogen) atoms. The molecule has 1 aliphatic rings. The number of halogens is 1. The number of aromatic nitrogens is 2. The van der Waals surface area contributed by atoms with Crippen molar-refractivity contribution in [1.82, 2.24) is 9.55 Å². The SMILES string of the molecule is CC[C@H]1CC[C@H](c2nc3cc(OC)c(Br)cc3n2COCC[Si](C)(C)C)CC1. The summed E-state index contributed by atoms with van der Waals surface area (Å²) in [6, 6.07) is 5.36. The fourth-order valence-corrected chi connectivity index (χ4v) is 5.36. The Labute approximate surface area is 179 Å². The highest BCUT2D eigenvalue weighted by Gasteiger charge is 2.26. The van der Waals surface area contributed by atoms with Gasteiger partial charge in [0.1, 0.15) is 18.3 Å². The lowest BCUT2D eigenvalue weighted by atomic mass is 9.80. The zero-order valence-electron chi connectivity index (χ0n) is 18.1. The van der Waals surface area contributed by atoms with Gasteiger partial charge < -0.3 is 14.0 Å². The van der Waals surface area contributed by atoms with Gasteiger partial charge in [0.25, 0.3) is 0 Å². The van der Waals surface area contributed by atoms with E-state index in [9.17, 15) is 0 Å². The molecule has 0 aliphatic heterocycles. The van der Waals surface area contributed by atoms with Gasteiger partial charge in [0, 0.05) is 26.7 Å². The number of nitrogens with zero attached hydrogens (tertiary/aromatic N) is 2. The molecule has 1 fully saturated rings. The molecule has 1 aromatic carbocycles. The van der Waals surface area contributed by atoms with Crippen LogP contribution in [0.5, 0.6) is 5.75 Å². The summed E-state index contributed by atoms with van der Waals surface area (Å²) in [6.07, 6.45) is 6.39. The highest BCUT2D eigenvalue weighted by atomic mass is 79.9. The van der Waals surface area contributed by atoms with Crippen LogP contribution in [0.2, 0.25) is 25.7 Å². The van der Waals surface area contributed by atoms with Gasteiger partial charge in [0.15, 0.2) is 0 Å². The van der Waals surface area contributed by atoms with Gasteiger partial charge in [-0.1, -0.05) is 33.0 Å². The van der Waals surface area contributed by atoms with Crippen molar-refractivity contribution in [2.75, 3.05) is 13.7 Å². The number of ether oxygens (including phenoxy) is 2. The van der Waals surface area contributed by atoms with E-state index in [4.69, 9.17) is 14.5 Å². The number of hydrogen-bond acceptors (Lipinski definition) is 3. The molecule has 156 valence electrons. The Morgan fingerprint density at radius 1 is 1.18 bits per heavy atom. The third kappa shape index (κ3) is 5.19. The molecule has 1 saturated carbocycles. The molecular formula is C22H35BrN2O2Si. The van der Waals surface area contributed by atoms with Crippen LogP contribution in [-0.4, -0.2) is 31.3 Å². The maximum Gasteiger partial charge on any atom is 0.135 e. The zero-order valence-corrected chi connectivity index (χ0v) is 20.6. The zero-order chi connectivity index (χ0) is 20.3. The van der Waals surface area contributed by atoms with Gasteiger partial charge >= 0.3 is 0 Å². The van der Waals surface area contributed by atoms with Crippen molar-refractivity contribution in [3.05, 3.63) is 22.4 Å². The van der Waals surface area contributed by atoms with E-state index in [1.165, 1.54) is 44.0 Å². The van der Waals surface area contributed by atoms with Crippen LogP contribution >= 0.6 is 15.9 Å². The van der Waals surface area contributed by atoms with Gasteiger partial charge in [-0.25, -0.2) is 4.98 Å². The van der Waals surface area contributed by atoms with Crippen LogP contribution in [0, 0.1) is 5.92 Å². The average Bonchev–Trinajstić information content (AvgIpc) is 3.01. The van der Waals surface area contributed by atoms with Crippen LogP contribution in [0.15, 0.2) is 16.6 Å². The molecule has 2 aromatic rings. The van der Waals surface area contributed by atoms with E-state index in [2.05, 4.69) is 53.1 Å². The first-order chi connectivity index (χ1) is 13.3. The summed E-state index contributed by atoms with van der Waals surface area (Å²) in [4.78, 5) is 5.06. The predicted molar refractivity (Wildman–Crippen MR) is 123 cm³/mol. The monoisotopic (exact) mass is 466 g/mol. The van der Waals surface area contributed by atoms with Crippen molar-refractivity contribution in [3.63, 3.8) is 0 Å². The quantitative estimate of drug-likeness (QED) is 0.316. The topological polar surface area (TPSA) is 36.3 Å². The van der Waals surface area contributed by atoms with Crippen LogP contribution in [-0.2, 0) is 11.5 Å². The second kappa shape index (κ2) is 9.31. The first kappa shape index (κ1) is 21.8. The van der Waals surface area contributed by atoms with E-state index < -0.39 is 8.07 Å². The van der Waals surface area contributed by atoms with Crippen molar-refractivity contribution in [2.45, 2.75) is 77.4 Å². The molecule has 0 N–H and O–H groups in total. The van der Waals surface area contributed by atoms with E-state index >= 15 is 0 Å². The molecule has 1 aromatic heterocycles. The molecule has 0 radical (unpaired) electrons. The maximum atomic E-state index is 6.14. The molecule has 1 heterocycles. The maximum absolute atomic E-state index is 6.14. The van der Waals surface area contributed by atoms with E-state index in [0.717, 1.165) is 33.8 Å². The number of rotatable bonds is 8. The molecule has 4 nitrogen and oxygen atoms in total. The molecule has 1 aliphatic carbocycles. The largest absolute Gasteiger partial charge is 0.495 e. The molecule has 0 atom stereocenters. The summed E-state index contributed by atoms with van der Waals surface area (Å²) in [7, 11) is 0.618. The van der Waals surface area contributed by atoms with Crippen LogP contribution in [0.3, 0.4) is 0 Å². The first-order valence-electron chi connectivity index (χ1n) is 10.6. The predicted octanol–water partition coefficient (Wildman–Crippen LogP) is 6.80. The number of fused-ring (bicyclic) bond motifs is 1. The minimum atomic E-state index is -1.09. The summed E-state index contributed by atoms with van der Waals surface area (Å²) in [5, 5.41) is 0. The lowest BCUT2D eigenvalue weighted by Crippen LogP contribution is -2.22. The van der Waals surface area contributed by atoms with E-state index in [1.807, 2.05) is 6.07 Å². The molecule has 0 amide bonds. The minimum absolute atomic E-state index is 0.528. The number of imidazole rings is 1. The fraction of sp³-hybridized carbons (Fsp3) is 0.682. The van der Waals surface area contributed by atoms with Gasteiger partial charge in [-0.2, -0.15) is 0 Å². The molecule has 3 rings (SSSR count). The third-order valence-electron chi connectivity index (χ3n) is 6.06. The van der Waals surface area contributed by atoms with Crippen molar-refractivity contribution in [1.29, 1.82) is 0 Å². The van der Waals surface area contributed by atoms with Crippen LogP contribution in [0.1, 0.15) is 50.8 Å². The van der Waals surface area contributed by atoms with Gasteiger partial charge in [-0.15, -0.1) is 0 Å². The van der Waals surface area contributed by atoms with E-state index in [-0.39, 0.29) is 0 Å². The number of hydrogen-bond donors (Lipinski definition) is 0. The minimum Gasteiger partial charge on any atom is -0.495 e. The van der Waals surface area contributed by atoms with Crippen LogP contribution < -0.4 is 4.74 Å². The van der Waals surface area contributed by atoms with Gasteiger partial charge in [0.2, 0.25) is 0 Å². The average molecular weight is 468 g/mol. The molecular weight excluding hydrogens is 432 g/mol. The number of benzene rings is 1. The van der Waals surface area contributed by atoms with Gasteiger partial charge in [-0.05, 0) is 59.6 Å². The Morgan fingerprint density at radius 2 is 1.89 bits per heavy atom. The van der Waals surface area contributed by atoms with E-state index in [0.29, 0.717) is 12.6 Å².